The average Bonchev–Trinajstić information content (AvgIpc) is 2.56. The lowest BCUT2D eigenvalue weighted by molar-refractivity contribution is -0.113. The van der Waals surface area contributed by atoms with Crippen LogP contribution in [0.15, 0.2) is 28.4 Å². The van der Waals surface area contributed by atoms with Crippen LogP contribution in [-0.4, -0.2) is 40.4 Å². The van der Waals surface area contributed by atoms with Crippen molar-refractivity contribution in [3.05, 3.63) is 23.8 Å². The second-order valence-electron chi connectivity index (χ2n) is 3.80. The van der Waals surface area contributed by atoms with Gasteiger partial charge in [-0.15, -0.1) is 5.11 Å². The first-order valence-corrected chi connectivity index (χ1v) is 6.07. The Labute approximate surface area is 127 Å². The van der Waals surface area contributed by atoms with Crippen molar-refractivity contribution in [2.75, 3.05) is 28.4 Å². The summed E-state index contributed by atoms with van der Waals surface area (Å²) in [5.74, 6) is 0.633. The molecule has 0 unspecified atom stereocenters. The van der Waals surface area contributed by atoms with Crippen molar-refractivity contribution in [1.29, 1.82) is 0 Å². The fraction of sp³-hybridized carbons (Fsp3) is 0.286. The van der Waals surface area contributed by atoms with Crippen LogP contribution < -0.4 is 14.2 Å². The number of ether oxygens (including phenoxy) is 4. The summed E-state index contributed by atoms with van der Waals surface area (Å²) in [4.78, 5) is 22.1. The molecule has 0 bridgehead atoms. The van der Waals surface area contributed by atoms with Crippen LogP contribution in [-0.2, 0) is 9.53 Å². The highest BCUT2D eigenvalue weighted by Crippen LogP contribution is 2.38. The molecule has 0 fully saturated rings. The van der Waals surface area contributed by atoms with E-state index in [2.05, 4.69) is 15.0 Å². The van der Waals surface area contributed by atoms with Crippen LogP contribution in [0.4, 0.5) is 4.79 Å². The summed E-state index contributed by atoms with van der Waals surface area (Å²) in [5, 5.41) is 6.21. The summed E-state index contributed by atoms with van der Waals surface area (Å²) in [7, 11) is 5.60. The molecule has 0 radical (unpaired) electrons. The molecule has 1 aromatic rings. The van der Waals surface area contributed by atoms with Crippen molar-refractivity contribution in [2.45, 2.75) is 0 Å². The van der Waals surface area contributed by atoms with Crippen LogP contribution in [0.3, 0.4) is 0 Å². The lowest BCUT2D eigenvalue weighted by Gasteiger charge is -2.12. The van der Waals surface area contributed by atoms with Gasteiger partial charge in [0, 0.05) is 6.08 Å². The van der Waals surface area contributed by atoms with Gasteiger partial charge in [-0.05, 0) is 23.8 Å². The molecule has 0 aliphatic carbocycles. The van der Waals surface area contributed by atoms with Gasteiger partial charge in [-0.25, -0.2) is 4.79 Å². The Morgan fingerprint density at radius 2 is 1.55 bits per heavy atom. The molecule has 1 aromatic carbocycles. The smallest absolute Gasteiger partial charge is 0.452 e. The van der Waals surface area contributed by atoms with Gasteiger partial charge in [-0.3, -0.25) is 4.79 Å². The van der Waals surface area contributed by atoms with E-state index in [1.165, 1.54) is 27.4 Å². The van der Waals surface area contributed by atoms with E-state index < -0.39 is 12.0 Å². The SMILES string of the molecule is COC(=O)N=NC(=O)/C=C/c1cc(OC)c(OC)c(OC)c1. The van der Waals surface area contributed by atoms with Gasteiger partial charge in [0.05, 0.1) is 28.4 Å². The van der Waals surface area contributed by atoms with Crippen LogP contribution in [0.1, 0.15) is 5.56 Å². The molecular formula is C14H16N2O6. The number of hydrogen-bond donors (Lipinski definition) is 0. The van der Waals surface area contributed by atoms with Gasteiger partial charge in [0.25, 0.3) is 5.91 Å². The molecule has 118 valence electrons. The third kappa shape index (κ3) is 4.58. The van der Waals surface area contributed by atoms with E-state index in [0.29, 0.717) is 22.8 Å². The van der Waals surface area contributed by atoms with Crippen molar-refractivity contribution < 1.29 is 28.5 Å². The minimum atomic E-state index is -0.950. The normalized spacial score (nSPS) is 10.7. The molecular weight excluding hydrogens is 292 g/mol. The molecule has 1 rings (SSSR count). The summed E-state index contributed by atoms with van der Waals surface area (Å²) >= 11 is 0. The minimum absolute atomic E-state index is 0.443. The van der Waals surface area contributed by atoms with Crippen molar-refractivity contribution in [3.8, 4) is 17.2 Å². The van der Waals surface area contributed by atoms with Gasteiger partial charge in [-0.2, -0.15) is 0 Å². The van der Waals surface area contributed by atoms with E-state index >= 15 is 0 Å². The molecule has 0 aromatic heterocycles. The lowest BCUT2D eigenvalue weighted by atomic mass is 10.1. The monoisotopic (exact) mass is 308 g/mol. The number of carbonyl (C=O) groups excluding carboxylic acids is 2. The van der Waals surface area contributed by atoms with Crippen LogP contribution in [0, 0.1) is 0 Å². The molecule has 2 amide bonds. The molecule has 0 aliphatic heterocycles. The van der Waals surface area contributed by atoms with Crippen LogP contribution in [0.5, 0.6) is 17.2 Å². The predicted octanol–water partition coefficient (Wildman–Crippen LogP) is 2.47. The highest BCUT2D eigenvalue weighted by Gasteiger charge is 2.12. The number of benzene rings is 1. The van der Waals surface area contributed by atoms with Crippen molar-refractivity contribution in [2.24, 2.45) is 10.2 Å². The van der Waals surface area contributed by atoms with Gasteiger partial charge >= 0.3 is 6.09 Å². The number of carbonyl (C=O) groups is 2. The van der Waals surface area contributed by atoms with E-state index in [9.17, 15) is 9.59 Å². The van der Waals surface area contributed by atoms with E-state index in [1.54, 1.807) is 12.1 Å². The molecule has 0 saturated carbocycles. The van der Waals surface area contributed by atoms with Gasteiger partial charge in [0.1, 0.15) is 0 Å². The molecule has 0 heterocycles. The number of amides is 2. The zero-order valence-corrected chi connectivity index (χ0v) is 12.7. The molecule has 0 saturated heterocycles. The Kier molecular flexibility index (Phi) is 6.55. The zero-order chi connectivity index (χ0) is 16.5. The number of rotatable bonds is 5. The maximum absolute atomic E-state index is 11.4. The number of nitrogens with zero attached hydrogens (tertiary/aromatic N) is 2. The van der Waals surface area contributed by atoms with E-state index in [4.69, 9.17) is 14.2 Å². The van der Waals surface area contributed by atoms with Crippen molar-refractivity contribution in [1.82, 2.24) is 0 Å². The quantitative estimate of drug-likeness (QED) is 0.612. The van der Waals surface area contributed by atoms with Gasteiger partial charge in [0.2, 0.25) is 5.75 Å². The van der Waals surface area contributed by atoms with Gasteiger partial charge in [0.15, 0.2) is 11.5 Å². The van der Waals surface area contributed by atoms with E-state index in [1.807, 2.05) is 0 Å². The summed E-state index contributed by atoms with van der Waals surface area (Å²) < 4.78 is 19.8. The van der Waals surface area contributed by atoms with Crippen LogP contribution >= 0.6 is 0 Å². The van der Waals surface area contributed by atoms with Crippen molar-refractivity contribution in [3.63, 3.8) is 0 Å². The molecule has 0 atom stereocenters. The third-order valence-electron chi connectivity index (χ3n) is 2.51. The molecule has 0 aliphatic rings. The first kappa shape index (κ1) is 17.2. The maximum Gasteiger partial charge on any atom is 0.452 e. The van der Waals surface area contributed by atoms with Crippen molar-refractivity contribution >= 4 is 18.1 Å². The highest BCUT2D eigenvalue weighted by atomic mass is 16.5. The summed E-state index contributed by atoms with van der Waals surface area (Å²) in [6.07, 6.45) is 1.67. The molecule has 0 N–H and O–H groups in total. The Hall–Kier alpha value is -2.90. The number of azo groups is 1. The van der Waals surface area contributed by atoms with Crippen LogP contribution in [0.25, 0.3) is 6.08 Å². The standard InChI is InChI=1S/C14H16N2O6/c1-19-10-7-9(8-11(20-2)13(10)21-3)5-6-12(17)15-16-14(18)22-4/h5-8H,1-4H3/b6-5+,16-15?. The topological polar surface area (TPSA) is 95.8 Å². The first-order chi connectivity index (χ1) is 10.5. The molecule has 0 spiro atoms. The molecule has 8 heteroatoms. The summed E-state index contributed by atoms with van der Waals surface area (Å²) in [5.41, 5.74) is 0.621. The molecule has 22 heavy (non-hydrogen) atoms. The lowest BCUT2D eigenvalue weighted by Crippen LogP contribution is -1.96. The second kappa shape index (κ2) is 8.40. The van der Waals surface area contributed by atoms with Crippen LogP contribution in [0.2, 0.25) is 0 Å². The Morgan fingerprint density at radius 1 is 0.955 bits per heavy atom. The fourth-order valence-corrected chi connectivity index (χ4v) is 1.53. The van der Waals surface area contributed by atoms with E-state index in [-0.39, 0.29) is 0 Å². The largest absolute Gasteiger partial charge is 0.493 e. The first-order valence-electron chi connectivity index (χ1n) is 6.07. The summed E-state index contributed by atoms with van der Waals surface area (Å²) in [6, 6.07) is 3.31. The minimum Gasteiger partial charge on any atom is -0.493 e. The fourth-order valence-electron chi connectivity index (χ4n) is 1.53. The zero-order valence-electron chi connectivity index (χ0n) is 12.7. The Balaban J connectivity index is 2.98. The van der Waals surface area contributed by atoms with Gasteiger partial charge < -0.3 is 18.9 Å². The predicted molar refractivity (Wildman–Crippen MR) is 77.4 cm³/mol. The number of methoxy groups -OCH3 is 4. The third-order valence-corrected chi connectivity index (χ3v) is 2.51. The molecule has 8 nitrogen and oxygen atoms in total. The Morgan fingerprint density at radius 3 is 2.00 bits per heavy atom. The van der Waals surface area contributed by atoms with Gasteiger partial charge in [-0.1, -0.05) is 5.11 Å². The van der Waals surface area contributed by atoms with E-state index in [0.717, 1.165) is 13.2 Å². The summed E-state index contributed by atoms with van der Waals surface area (Å²) in [6.45, 7) is 0. The Bertz CT molecular complexity index is 584. The maximum atomic E-state index is 11.4. The number of hydrogen-bond acceptors (Lipinski definition) is 6. The second-order valence-corrected chi connectivity index (χ2v) is 3.80. The highest BCUT2D eigenvalue weighted by molar-refractivity contribution is 5.93. The average molecular weight is 308 g/mol.